The highest BCUT2D eigenvalue weighted by molar-refractivity contribution is 5.87. The average Bonchev–Trinajstić information content (AvgIpc) is 3.03. The summed E-state index contributed by atoms with van der Waals surface area (Å²) in [6, 6.07) is 14.0. The van der Waals surface area contributed by atoms with Gasteiger partial charge in [0.05, 0.1) is 24.4 Å². The summed E-state index contributed by atoms with van der Waals surface area (Å²) in [7, 11) is 0. The molecule has 3 rings (SSSR count). The molecule has 1 saturated carbocycles. The van der Waals surface area contributed by atoms with Gasteiger partial charge in [0.2, 0.25) is 0 Å². The van der Waals surface area contributed by atoms with E-state index in [1.165, 1.54) is 0 Å². The number of Topliss-reactive ketones (excluding diaryl/α,β-unsaturated/α-hetero) is 1. The van der Waals surface area contributed by atoms with Crippen LogP contribution in [0.5, 0.6) is 0 Å². The Morgan fingerprint density at radius 3 is 2.50 bits per heavy atom. The van der Waals surface area contributed by atoms with Gasteiger partial charge in [-0.25, -0.2) is 4.79 Å². The molecule has 2 aromatic carbocycles. The van der Waals surface area contributed by atoms with Gasteiger partial charge in [-0.2, -0.15) is 0 Å². The van der Waals surface area contributed by atoms with Crippen LogP contribution in [-0.2, 0) is 24.1 Å². The number of alkyl halides is 1. The Labute approximate surface area is 187 Å². The lowest BCUT2D eigenvalue weighted by Crippen LogP contribution is -2.20. The molecule has 0 aromatic heterocycles. The minimum absolute atomic E-state index is 0.00252. The zero-order valence-electron chi connectivity index (χ0n) is 17.9. The summed E-state index contributed by atoms with van der Waals surface area (Å²) in [6.07, 6.45) is 3.76. The van der Waals surface area contributed by atoms with Crippen LogP contribution in [-0.4, -0.2) is 46.0 Å². The Hall–Kier alpha value is -2.83. The number of carbonyl (C=O) groups excluding carboxylic acids is 1. The van der Waals surface area contributed by atoms with Crippen LogP contribution in [0.15, 0.2) is 60.7 Å². The molecule has 0 amide bonds. The van der Waals surface area contributed by atoms with Gasteiger partial charge in [-0.05, 0) is 41.7 Å². The summed E-state index contributed by atoms with van der Waals surface area (Å²) in [5.41, 5.74) is 2.93. The van der Waals surface area contributed by atoms with Crippen LogP contribution >= 0.6 is 0 Å². The van der Waals surface area contributed by atoms with Crippen molar-refractivity contribution < 1.29 is 29.3 Å². The highest BCUT2D eigenvalue weighted by atomic mass is 19.1. The molecule has 0 aliphatic heterocycles. The molecule has 32 heavy (non-hydrogen) atoms. The molecule has 0 saturated heterocycles. The van der Waals surface area contributed by atoms with Crippen LogP contribution in [0.25, 0.3) is 0 Å². The number of carboxylic acids is 1. The fourth-order valence-corrected chi connectivity index (χ4v) is 4.32. The van der Waals surface area contributed by atoms with E-state index < -0.39 is 24.9 Å². The first-order valence-electron chi connectivity index (χ1n) is 10.9. The number of aromatic carboxylic acids is 1. The maximum Gasteiger partial charge on any atom is 0.335 e. The van der Waals surface area contributed by atoms with Crippen molar-refractivity contribution in [1.82, 2.24) is 0 Å². The monoisotopic (exact) mass is 440 g/mol. The zero-order valence-corrected chi connectivity index (χ0v) is 17.9. The highest BCUT2D eigenvalue weighted by Crippen LogP contribution is 2.34. The first kappa shape index (κ1) is 23.8. The summed E-state index contributed by atoms with van der Waals surface area (Å²) < 4.78 is 12.6. The fourth-order valence-electron chi connectivity index (χ4n) is 4.32. The van der Waals surface area contributed by atoms with E-state index in [2.05, 4.69) is 0 Å². The first-order valence-corrected chi connectivity index (χ1v) is 10.9. The van der Waals surface area contributed by atoms with E-state index in [1.807, 2.05) is 24.3 Å². The maximum absolute atomic E-state index is 12.6. The highest BCUT2D eigenvalue weighted by Gasteiger charge is 2.39. The summed E-state index contributed by atoms with van der Waals surface area (Å²) in [4.78, 5) is 23.4. The van der Waals surface area contributed by atoms with Crippen molar-refractivity contribution >= 4 is 11.8 Å². The van der Waals surface area contributed by atoms with E-state index in [9.17, 15) is 24.2 Å². The third-order valence-corrected chi connectivity index (χ3v) is 6.05. The van der Waals surface area contributed by atoms with E-state index >= 15 is 0 Å². The molecule has 170 valence electrons. The first-order chi connectivity index (χ1) is 15.4. The number of carbonyl (C=O) groups is 2. The topological polar surface area (TPSA) is 94.8 Å². The number of halogens is 1. The maximum atomic E-state index is 12.6. The summed E-state index contributed by atoms with van der Waals surface area (Å²) in [5, 5.41) is 29.8. The lowest BCUT2D eigenvalue weighted by atomic mass is 9.88. The molecule has 1 aliphatic rings. The quantitative estimate of drug-likeness (QED) is 0.491. The van der Waals surface area contributed by atoms with Gasteiger partial charge < -0.3 is 15.3 Å². The van der Waals surface area contributed by atoms with Crippen molar-refractivity contribution in [3.05, 3.63) is 82.9 Å². The molecule has 0 radical (unpaired) electrons. The summed E-state index contributed by atoms with van der Waals surface area (Å²) in [5.74, 6) is -1.69. The zero-order chi connectivity index (χ0) is 23.1. The van der Waals surface area contributed by atoms with Gasteiger partial charge in [-0.1, -0.05) is 48.6 Å². The minimum atomic E-state index is -0.983. The van der Waals surface area contributed by atoms with Crippen molar-refractivity contribution in [2.75, 3.05) is 6.67 Å². The molecule has 5 nitrogen and oxygen atoms in total. The van der Waals surface area contributed by atoms with Crippen LogP contribution in [0.3, 0.4) is 0 Å². The molecule has 1 fully saturated rings. The Balaban J connectivity index is 1.60. The lowest BCUT2D eigenvalue weighted by Gasteiger charge is -2.18. The van der Waals surface area contributed by atoms with Crippen LogP contribution in [0.4, 0.5) is 4.39 Å². The number of hydrogen-bond acceptors (Lipinski definition) is 4. The Bertz CT molecular complexity index is 953. The van der Waals surface area contributed by atoms with Gasteiger partial charge >= 0.3 is 5.97 Å². The van der Waals surface area contributed by atoms with Crippen molar-refractivity contribution in [3.63, 3.8) is 0 Å². The predicted octanol–water partition coefficient (Wildman–Crippen LogP) is 3.56. The summed E-state index contributed by atoms with van der Waals surface area (Å²) in [6.45, 7) is -0.426. The normalized spacial score (nSPS) is 21.8. The predicted molar refractivity (Wildman–Crippen MR) is 119 cm³/mol. The number of ketones is 1. The SMILES string of the molecule is O=C(O)c1ccc(CC[C@H]2C(=O)C[C@@H](O)[C@@H]2/C=C/[C@@H](O)Cc2cccc(CCF)c2)cc1. The molecule has 0 heterocycles. The molecule has 2 aromatic rings. The van der Waals surface area contributed by atoms with Crippen molar-refractivity contribution in [2.24, 2.45) is 11.8 Å². The molecular formula is C26H29FO5. The van der Waals surface area contributed by atoms with E-state index in [0.717, 1.165) is 16.7 Å². The Kier molecular flexibility index (Phi) is 8.31. The number of benzene rings is 2. The second-order valence-corrected chi connectivity index (χ2v) is 8.38. The van der Waals surface area contributed by atoms with Gasteiger partial charge in [-0.15, -0.1) is 0 Å². The molecule has 0 bridgehead atoms. The number of rotatable bonds is 10. The molecule has 3 N–H and O–H groups in total. The van der Waals surface area contributed by atoms with Gasteiger partial charge in [0, 0.05) is 31.1 Å². The van der Waals surface area contributed by atoms with Crippen LogP contribution in [0, 0.1) is 11.8 Å². The van der Waals surface area contributed by atoms with Crippen molar-refractivity contribution in [1.29, 1.82) is 0 Å². The van der Waals surface area contributed by atoms with E-state index in [0.29, 0.717) is 25.7 Å². The van der Waals surface area contributed by atoms with E-state index in [-0.39, 0.29) is 29.6 Å². The smallest absolute Gasteiger partial charge is 0.335 e. The van der Waals surface area contributed by atoms with Gasteiger partial charge in [0.15, 0.2) is 0 Å². The number of hydrogen-bond donors (Lipinski definition) is 3. The van der Waals surface area contributed by atoms with Crippen LogP contribution in [0.1, 0.15) is 39.9 Å². The molecule has 0 unspecified atom stereocenters. The van der Waals surface area contributed by atoms with Crippen LogP contribution < -0.4 is 0 Å². The second kappa shape index (κ2) is 11.2. The van der Waals surface area contributed by atoms with Crippen molar-refractivity contribution in [3.8, 4) is 0 Å². The fraction of sp³-hybridized carbons (Fsp3) is 0.385. The molecule has 6 heteroatoms. The number of aliphatic hydroxyl groups is 2. The molecular weight excluding hydrogens is 411 g/mol. The van der Waals surface area contributed by atoms with E-state index in [4.69, 9.17) is 5.11 Å². The van der Waals surface area contributed by atoms with Crippen LogP contribution in [0.2, 0.25) is 0 Å². The third-order valence-electron chi connectivity index (χ3n) is 6.05. The number of carboxylic acid groups (broad SMARTS) is 1. The Morgan fingerprint density at radius 1 is 1.09 bits per heavy atom. The lowest BCUT2D eigenvalue weighted by molar-refractivity contribution is -0.121. The molecule has 4 atom stereocenters. The van der Waals surface area contributed by atoms with Crippen molar-refractivity contribution in [2.45, 2.75) is 44.3 Å². The number of aryl methyl sites for hydroxylation is 2. The van der Waals surface area contributed by atoms with Gasteiger partial charge in [-0.3, -0.25) is 9.18 Å². The third kappa shape index (κ3) is 6.34. The second-order valence-electron chi connectivity index (χ2n) is 8.38. The number of aliphatic hydroxyl groups excluding tert-OH is 2. The largest absolute Gasteiger partial charge is 0.478 e. The van der Waals surface area contributed by atoms with E-state index in [1.54, 1.807) is 36.4 Å². The average molecular weight is 441 g/mol. The standard InChI is InChI=1S/C26H29FO5/c27-13-12-18-2-1-3-19(14-18)15-21(28)9-11-23-22(24(29)16-25(23)30)10-6-17-4-7-20(8-5-17)26(31)32/h1-5,7-9,11,14,21-23,25,28,30H,6,10,12-13,15-16H2,(H,31,32)/b11-9+/t21-,22-,23-,25-/m1/s1. The minimum Gasteiger partial charge on any atom is -0.478 e. The Morgan fingerprint density at radius 2 is 1.81 bits per heavy atom. The van der Waals surface area contributed by atoms with Gasteiger partial charge in [0.1, 0.15) is 5.78 Å². The molecule has 0 spiro atoms. The van der Waals surface area contributed by atoms with Gasteiger partial charge in [0.25, 0.3) is 0 Å². The summed E-state index contributed by atoms with van der Waals surface area (Å²) >= 11 is 0. The molecule has 1 aliphatic carbocycles.